The molecule has 1 radical (unpaired) electrons. The van der Waals surface area contributed by atoms with Crippen molar-refractivity contribution in [2.45, 2.75) is 6.42 Å². The topological polar surface area (TPSA) is 42.0 Å². The van der Waals surface area contributed by atoms with Crippen molar-refractivity contribution in [2.24, 2.45) is 0 Å². The Morgan fingerprint density at radius 3 is 3.09 bits per heavy atom. The lowest BCUT2D eigenvalue weighted by Gasteiger charge is -1.97. The Kier molecular flexibility index (Phi) is 2.60. The van der Waals surface area contributed by atoms with Crippen molar-refractivity contribution in [3.8, 4) is 0 Å². The highest BCUT2D eigenvalue weighted by Crippen LogP contribution is 1.95. The highest BCUT2D eigenvalue weighted by atomic mass is 16.1. The first kappa shape index (κ1) is 7.72. The summed E-state index contributed by atoms with van der Waals surface area (Å²) in [5, 5.41) is 2.30. The van der Waals surface area contributed by atoms with E-state index < -0.39 is 0 Å². The van der Waals surface area contributed by atoms with Crippen molar-refractivity contribution in [3.05, 3.63) is 37.1 Å². The Morgan fingerprint density at radius 1 is 1.73 bits per heavy atom. The van der Waals surface area contributed by atoms with Crippen LogP contribution in [0, 0.1) is 7.05 Å². The van der Waals surface area contributed by atoms with Gasteiger partial charge in [0.2, 0.25) is 5.91 Å². The van der Waals surface area contributed by atoms with Gasteiger partial charge >= 0.3 is 0 Å². The summed E-state index contributed by atoms with van der Waals surface area (Å²) in [6.45, 7) is 0. The molecule has 11 heavy (non-hydrogen) atoms. The molecule has 0 aliphatic heterocycles. The molecule has 3 heteroatoms. The van der Waals surface area contributed by atoms with Gasteiger partial charge in [0.25, 0.3) is 0 Å². The van der Waals surface area contributed by atoms with Crippen LogP contribution in [0.25, 0.3) is 0 Å². The zero-order chi connectivity index (χ0) is 8.10. The first-order chi connectivity index (χ1) is 5.33. The van der Waals surface area contributed by atoms with Gasteiger partial charge in [-0.15, -0.1) is 0 Å². The number of aromatic nitrogens is 1. The molecule has 0 aliphatic carbocycles. The molecule has 3 nitrogen and oxygen atoms in total. The maximum atomic E-state index is 10.8. The molecule has 1 rings (SSSR count). The molecular weight excluding hydrogens is 140 g/mol. The van der Waals surface area contributed by atoms with E-state index in [1.54, 1.807) is 18.5 Å². The Labute approximate surface area is 65.5 Å². The largest absolute Gasteiger partial charge is 0.354 e. The molecule has 0 fully saturated rings. The lowest BCUT2D eigenvalue weighted by atomic mass is 10.2. The lowest BCUT2D eigenvalue weighted by molar-refractivity contribution is -0.119. The van der Waals surface area contributed by atoms with Gasteiger partial charge in [-0.25, -0.2) is 0 Å². The van der Waals surface area contributed by atoms with Crippen molar-refractivity contribution in [2.75, 3.05) is 0 Å². The van der Waals surface area contributed by atoms with Crippen LogP contribution in [0.3, 0.4) is 0 Å². The van der Waals surface area contributed by atoms with Crippen LogP contribution in [0.2, 0.25) is 0 Å². The van der Waals surface area contributed by atoms with Gasteiger partial charge in [-0.2, -0.15) is 0 Å². The molecule has 57 valence electrons. The number of amides is 1. The molecule has 0 spiro atoms. The van der Waals surface area contributed by atoms with E-state index >= 15 is 0 Å². The second-order valence-electron chi connectivity index (χ2n) is 2.14. The molecule has 1 aromatic heterocycles. The molecule has 1 aromatic rings. The number of rotatable bonds is 2. The second-order valence-corrected chi connectivity index (χ2v) is 2.14. The Balaban J connectivity index is 2.58. The molecule has 1 amide bonds. The van der Waals surface area contributed by atoms with Crippen LogP contribution in [0.15, 0.2) is 24.5 Å². The van der Waals surface area contributed by atoms with Crippen molar-refractivity contribution in [3.63, 3.8) is 0 Å². The van der Waals surface area contributed by atoms with E-state index in [1.165, 1.54) is 0 Å². The number of hydrogen-bond donors (Lipinski definition) is 1. The maximum Gasteiger partial charge on any atom is 0.224 e. The molecule has 0 saturated carbocycles. The molecular formula is C8H9N2O. The van der Waals surface area contributed by atoms with E-state index in [0.717, 1.165) is 5.56 Å². The van der Waals surface area contributed by atoms with Crippen molar-refractivity contribution in [1.82, 2.24) is 10.3 Å². The van der Waals surface area contributed by atoms with E-state index in [-0.39, 0.29) is 5.91 Å². The smallest absolute Gasteiger partial charge is 0.224 e. The summed E-state index contributed by atoms with van der Waals surface area (Å²) in [5.41, 5.74) is 0.897. The molecule has 0 aromatic carbocycles. The molecule has 0 aliphatic rings. The number of hydrogen-bond acceptors (Lipinski definition) is 2. The van der Waals surface area contributed by atoms with E-state index in [9.17, 15) is 4.79 Å². The number of nitrogens with one attached hydrogen (secondary N) is 1. The Bertz CT molecular complexity index is 233. The average molecular weight is 149 g/mol. The number of carbonyl (C=O) groups excluding carboxylic acids is 1. The van der Waals surface area contributed by atoms with E-state index in [4.69, 9.17) is 0 Å². The first-order valence-electron chi connectivity index (χ1n) is 3.28. The summed E-state index contributed by atoms with van der Waals surface area (Å²) >= 11 is 0. The standard InChI is InChI=1S/C8H9N2O/c1-9-8(11)5-7-3-2-4-10-6-7/h2-4,6H,1,5H2,(H,9,11). The van der Waals surface area contributed by atoms with Gasteiger partial charge in [-0.3, -0.25) is 9.78 Å². The van der Waals surface area contributed by atoms with Crippen LogP contribution < -0.4 is 5.32 Å². The summed E-state index contributed by atoms with van der Waals surface area (Å²) < 4.78 is 0. The Hall–Kier alpha value is -1.38. The Morgan fingerprint density at radius 2 is 2.55 bits per heavy atom. The van der Waals surface area contributed by atoms with E-state index in [2.05, 4.69) is 17.3 Å². The highest BCUT2D eigenvalue weighted by Gasteiger charge is 1.98. The third-order valence-electron chi connectivity index (χ3n) is 1.28. The van der Waals surface area contributed by atoms with Crippen molar-refractivity contribution < 1.29 is 4.79 Å². The lowest BCUT2D eigenvalue weighted by Crippen LogP contribution is -2.17. The van der Waals surface area contributed by atoms with Crippen LogP contribution in [-0.2, 0) is 11.2 Å². The molecule has 0 atom stereocenters. The van der Waals surface area contributed by atoms with Gasteiger partial charge in [-0.05, 0) is 11.6 Å². The minimum absolute atomic E-state index is 0.0991. The number of carbonyl (C=O) groups is 1. The van der Waals surface area contributed by atoms with Crippen LogP contribution >= 0.6 is 0 Å². The number of nitrogens with zero attached hydrogens (tertiary/aromatic N) is 1. The third-order valence-corrected chi connectivity index (χ3v) is 1.28. The van der Waals surface area contributed by atoms with Crippen LogP contribution in [0.1, 0.15) is 5.56 Å². The summed E-state index contributed by atoms with van der Waals surface area (Å²) in [7, 11) is 3.26. The minimum Gasteiger partial charge on any atom is -0.354 e. The van der Waals surface area contributed by atoms with E-state index in [0.29, 0.717) is 6.42 Å². The summed E-state index contributed by atoms with van der Waals surface area (Å²) in [4.78, 5) is 14.7. The summed E-state index contributed by atoms with van der Waals surface area (Å²) in [6, 6.07) is 3.65. The van der Waals surface area contributed by atoms with Crippen LogP contribution in [-0.4, -0.2) is 10.9 Å². The second kappa shape index (κ2) is 3.71. The molecule has 0 saturated heterocycles. The first-order valence-corrected chi connectivity index (χ1v) is 3.28. The SMILES string of the molecule is [CH2]NC(=O)Cc1cccnc1. The zero-order valence-corrected chi connectivity index (χ0v) is 6.08. The van der Waals surface area contributed by atoms with Gasteiger partial charge in [0.15, 0.2) is 0 Å². The summed E-state index contributed by atoms with van der Waals surface area (Å²) in [6.07, 6.45) is 3.68. The number of pyridine rings is 1. The maximum absolute atomic E-state index is 10.8. The zero-order valence-electron chi connectivity index (χ0n) is 6.08. The molecule has 0 unspecified atom stereocenters. The van der Waals surface area contributed by atoms with Crippen LogP contribution in [0.5, 0.6) is 0 Å². The monoisotopic (exact) mass is 149 g/mol. The van der Waals surface area contributed by atoms with Crippen molar-refractivity contribution >= 4 is 5.91 Å². The third kappa shape index (κ3) is 2.37. The van der Waals surface area contributed by atoms with Gasteiger partial charge in [0, 0.05) is 19.4 Å². The fourth-order valence-electron chi connectivity index (χ4n) is 0.751. The van der Waals surface area contributed by atoms with Crippen LogP contribution in [0.4, 0.5) is 0 Å². The van der Waals surface area contributed by atoms with Gasteiger partial charge in [-0.1, -0.05) is 6.07 Å². The average Bonchev–Trinajstić information content (AvgIpc) is 2.06. The summed E-state index contributed by atoms with van der Waals surface area (Å²) in [5.74, 6) is -0.0991. The molecule has 1 heterocycles. The highest BCUT2D eigenvalue weighted by molar-refractivity contribution is 5.78. The predicted molar refractivity (Wildman–Crippen MR) is 41.4 cm³/mol. The van der Waals surface area contributed by atoms with Gasteiger partial charge in [0.05, 0.1) is 6.42 Å². The normalized spacial score (nSPS) is 9.18. The molecule has 1 N–H and O–H groups in total. The van der Waals surface area contributed by atoms with Gasteiger partial charge in [0.1, 0.15) is 0 Å². The van der Waals surface area contributed by atoms with Gasteiger partial charge < -0.3 is 5.32 Å². The van der Waals surface area contributed by atoms with Crippen molar-refractivity contribution in [1.29, 1.82) is 0 Å². The fraction of sp³-hybridized carbons (Fsp3) is 0.125. The fourth-order valence-corrected chi connectivity index (χ4v) is 0.751. The minimum atomic E-state index is -0.0991. The predicted octanol–water partition coefficient (Wildman–Crippen LogP) is 0.532. The van der Waals surface area contributed by atoms with E-state index in [1.807, 2.05) is 6.07 Å². The molecule has 0 bridgehead atoms. The quantitative estimate of drug-likeness (QED) is 0.666.